The molecule has 5 nitrogen and oxygen atoms in total. The summed E-state index contributed by atoms with van der Waals surface area (Å²) in [6.45, 7) is 15.0. The van der Waals surface area contributed by atoms with Crippen LogP contribution in [0.25, 0.3) is 0 Å². The second kappa shape index (κ2) is 16.0. The molecule has 18 atom stereocenters. The highest BCUT2D eigenvalue weighted by atomic mass is 16.5. The number of ether oxygens (including phenoxy) is 1. The average molecular weight is 841 g/mol. The van der Waals surface area contributed by atoms with Crippen molar-refractivity contribution in [3.63, 3.8) is 0 Å². The molecule has 0 spiro atoms. The minimum Gasteiger partial charge on any atom is -0.462 e. The third-order valence-corrected chi connectivity index (χ3v) is 22.8. The summed E-state index contributed by atoms with van der Waals surface area (Å²) >= 11 is 0. The van der Waals surface area contributed by atoms with Crippen molar-refractivity contribution < 1.29 is 24.9 Å². The predicted molar refractivity (Wildman–Crippen MR) is 244 cm³/mol. The Hall–Kier alpha value is -1.17. The molecule has 0 aliphatic heterocycles. The van der Waals surface area contributed by atoms with E-state index in [0.29, 0.717) is 65.1 Å². The SMILES string of the molecule is C[C@@H]([C@H]1CC[C@H]2[C@@H]3CC=C4C[C@](O)(CC(=O)O[C@@H]5CC[C@@]6(C)C(=CCC7C6CC[C@@]6(C)C7CC[C@@H]6[C@H](C)C(O)CCC6CC6)C5)CC[C@]4(C)[C@H]3CC[C@]12C)[C@@H](O)CCC1CC1. The first-order valence-electron chi connectivity index (χ1n) is 26.7. The first kappa shape index (κ1) is 43.7. The van der Waals surface area contributed by atoms with Crippen LogP contribution in [0.3, 0.4) is 0 Å². The molecule has 0 bridgehead atoms. The number of carbonyl (C=O) groups excluding carboxylic acids is 1. The van der Waals surface area contributed by atoms with Gasteiger partial charge in [0.05, 0.1) is 24.2 Å². The molecule has 4 unspecified atom stereocenters. The molecular formula is C56H88O5. The van der Waals surface area contributed by atoms with Gasteiger partial charge in [0.15, 0.2) is 0 Å². The molecular weight excluding hydrogens is 753 g/mol. The highest BCUT2D eigenvalue weighted by molar-refractivity contribution is 5.71. The van der Waals surface area contributed by atoms with Gasteiger partial charge in [-0.05, 0) is 215 Å². The molecule has 8 saturated carbocycles. The summed E-state index contributed by atoms with van der Waals surface area (Å²) in [5.74, 6) is 7.91. The fourth-order valence-corrected chi connectivity index (χ4v) is 18.6. The number of fused-ring (bicyclic) bond motifs is 10. The Kier molecular flexibility index (Phi) is 11.5. The van der Waals surface area contributed by atoms with E-state index in [0.717, 1.165) is 74.5 Å². The number of aliphatic hydroxyl groups excluding tert-OH is 2. The van der Waals surface area contributed by atoms with Gasteiger partial charge in [0, 0.05) is 6.42 Å². The van der Waals surface area contributed by atoms with Crippen molar-refractivity contribution in [2.24, 2.45) is 92.7 Å². The fraction of sp³-hybridized carbons (Fsp3) is 0.911. The molecule has 3 N–H and O–H groups in total. The molecule has 0 aromatic heterocycles. The Balaban J connectivity index is 0.738. The Labute approximate surface area is 371 Å². The minimum atomic E-state index is -1.01. The molecule has 0 aromatic carbocycles. The van der Waals surface area contributed by atoms with E-state index in [1.807, 2.05) is 0 Å². The third-order valence-electron chi connectivity index (χ3n) is 22.8. The molecule has 61 heavy (non-hydrogen) atoms. The van der Waals surface area contributed by atoms with Crippen molar-refractivity contribution in [1.82, 2.24) is 0 Å². The van der Waals surface area contributed by atoms with E-state index in [1.54, 1.807) is 5.57 Å². The van der Waals surface area contributed by atoms with Crippen LogP contribution in [0.5, 0.6) is 0 Å². The number of hydrogen-bond donors (Lipinski definition) is 3. The second-order valence-electron chi connectivity index (χ2n) is 25.8. The quantitative estimate of drug-likeness (QED) is 0.127. The number of rotatable bonds is 13. The van der Waals surface area contributed by atoms with Gasteiger partial charge < -0.3 is 20.1 Å². The standard InChI is InChI=1S/C56H88O5/c1-34(49(57)21-11-36-7-8-36)43-17-19-45-41-15-13-38-31-40(23-26-52(38,3)47(41)24-27-54(43,45)5)61-51(59)33-56(60)30-29-53(4)39(32-56)14-16-42-46-20-18-44(55(46,6)28-25-48(42)53)35(2)50(58)22-12-37-9-10-37/h13-14,34-37,40-50,57-58,60H,7-12,15-33H2,1-6H3/t34-,35-,40+,41?,42-,43+,44+,45?,46-,47?,48-,49?,50-,52-,53-,54+,55+,56-/m0/s1. The van der Waals surface area contributed by atoms with Gasteiger partial charge in [-0.2, -0.15) is 0 Å². The van der Waals surface area contributed by atoms with E-state index in [4.69, 9.17) is 4.74 Å². The van der Waals surface area contributed by atoms with Gasteiger partial charge >= 0.3 is 5.97 Å². The Morgan fingerprint density at radius 1 is 0.639 bits per heavy atom. The first-order valence-corrected chi connectivity index (χ1v) is 26.7. The largest absolute Gasteiger partial charge is 0.462 e. The van der Waals surface area contributed by atoms with Crippen LogP contribution in [0.2, 0.25) is 0 Å². The first-order chi connectivity index (χ1) is 29.0. The van der Waals surface area contributed by atoms with Gasteiger partial charge in [-0.15, -0.1) is 0 Å². The normalized spacial score (nSPS) is 48.4. The molecule has 10 rings (SSSR count). The third kappa shape index (κ3) is 7.63. The average Bonchev–Trinajstić information content (AvgIpc) is 4.17. The van der Waals surface area contributed by atoms with E-state index in [-0.39, 0.29) is 41.5 Å². The second-order valence-corrected chi connectivity index (χ2v) is 25.8. The smallest absolute Gasteiger partial charge is 0.309 e. The zero-order valence-electron chi connectivity index (χ0n) is 39.7. The maximum atomic E-state index is 13.8. The maximum absolute atomic E-state index is 13.8. The van der Waals surface area contributed by atoms with Gasteiger partial charge in [-0.25, -0.2) is 0 Å². The van der Waals surface area contributed by atoms with E-state index in [2.05, 4.69) is 53.7 Å². The predicted octanol–water partition coefficient (Wildman–Crippen LogP) is 12.6. The van der Waals surface area contributed by atoms with Crippen molar-refractivity contribution in [2.75, 3.05) is 0 Å². The molecule has 0 saturated heterocycles. The molecule has 10 aliphatic carbocycles. The summed E-state index contributed by atoms with van der Waals surface area (Å²) in [5, 5.41) is 34.7. The van der Waals surface area contributed by atoms with Gasteiger partial charge in [0.2, 0.25) is 0 Å². The zero-order chi connectivity index (χ0) is 42.7. The summed E-state index contributed by atoms with van der Waals surface area (Å²) in [4.78, 5) is 13.8. The van der Waals surface area contributed by atoms with Crippen molar-refractivity contribution >= 4 is 5.97 Å². The summed E-state index contributed by atoms with van der Waals surface area (Å²) in [5.41, 5.74) is 2.93. The zero-order valence-corrected chi connectivity index (χ0v) is 39.7. The lowest BCUT2D eigenvalue weighted by Gasteiger charge is -2.59. The number of allylic oxidation sites excluding steroid dienone is 2. The molecule has 0 heterocycles. The van der Waals surface area contributed by atoms with Crippen LogP contribution >= 0.6 is 0 Å². The van der Waals surface area contributed by atoms with E-state index < -0.39 is 5.60 Å². The van der Waals surface area contributed by atoms with Crippen molar-refractivity contribution in [3.05, 3.63) is 23.3 Å². The monoisotopic (exact) mass is 841 g/mol. The van der Waals surface area contributed by atoms with Gasteiger partial charge in [0.1, 0.15) is 6.10 Å². The molecule has 8 fully saturated rings. The molecule has 10 aliphatic rings. The Morgan fingerprint density at radius 2 is 1.15 bits per heavy atom. The fourth-order valence-electron chi connectivity index (χ4n) is 18.6. The highest BCUT2D eigenvalue weighted by Crippen LogP contribution is 2.70. The molecule has 342 valence electrons. The minimum absolute atomic E-state index is 0.0769. The molecule has 5 heteroatoms. The van der Waals surface area contributed by atoms with E-state index in [9.17, 15) is 20.1 Å². The number of carbonyl (C=O) groups is 1. The molecule has 0 aromatic rings. The van der Waals surface area contributed by atoms with Crippen LogP contribution in [0.1, 0.15) is 202 Å². The van der Waals surface area contributed by atoms with E-state index in [1.165, 1.54) is 102 Å². The van der Waals surface area contributed by atoms with Gasteiger partial charge in [-0.3, -0.25) is 4.79 Å². The van der Waals surface area contributed by atoms with E-state index >= 15 is 0 Å². The molecule has 0 amide bonds. The number of esters is 1. The van der Waals surface area contributed by atoms with Crippen LogP contribution < -0.4 is 0 Å². The topological polar surface area (TPSA) is 87.0 Å². The number of aliphatic hydroxyl groups is 3. The van der Waals surface area contributed by atoms with Gasteiger partial charge in [0.25, 0.3) is 0 Å². The summed E-state index contributed by atoms with van der Waals surface area (Å²) in [7, 11) is 0. The highest BCUT2D eigenvalue weighted by Gasteiger charge is 2.62. The van der Waals surface area contributed by atoms with Crippen LogP contribution in [-0.2, 0) is 9.53 Å². The van der Waals surface area contributed by atoms with Crippen molar-refractivity contribution in [3.8, 4) is 0 Å². The van der Waals surface area contributed by atoms with Crippen molar-refractivity contribution in [2.45, 2.75) is 226 Å². The van der Waals surface area contributed by atoms with Crippen LogP contribution in [0.4, 0.5) is 0 Å². The van der Waals surface area contributed by atoms with Crippen LogP contribution in [0, 0.1) is 92.7 Å². The summed E-state index contributed by atoms with van der Waals surface area (Å²) in [6, 6.07) is 0. The lowest BCUT2D eigenvalue weighted by atomic mass is 9.46. The Bertz CT molecular complexity index is 1710. The van der Waals surface area contributed by atoms with Crippen LogP contribution in [-0.4, -0.2) is 45.2 Å². The van der Waals surface area contributed by atoms with Gasteiger partial charge in [-0.1, -0.05) is 90.5 Å². The summed E-state index contributed by atoms with van der Waals surface area (Å²) < 4.78 is 6.36. The van der Waals surface area contributed by atoms with Crippen LogP contribution in [0.15, 0.2) is 23.3 Å². The lowest BCUT2D eigenvalue weighted by Crippen LogP contribution is -2.53. The summed E-state index contributed by atoms with van der Waals surface area (Å²) in [6.07, 6.45) is 32.5. The Morgan fingerprint density at radius 3 is 1.67 bits per heavy atom. The lowest BCUT2D eigenvalue weighted by molar-refractivity contribution is -0.159. The van der Waals surface area contributed by atoms with Crippen molar-refractivity contribution in [1.29, 1.82) is 0 Å². The maximum Gasteiger partial charge on any atom is 0.309 e. The molecule has 0 radical (unpaired) electrons. The number of hydrogen-bond acceptors (Lipinski definition) is 5.